The quantitative estimate of drug-likeness (QED) is 0.751. The van der Waals surface area contributed by atoms with Crippen LogP contribution in [0.15, 0.2) is 0 Å². The van der Waals surface area contributed by atoms with E-state index in [1.165, 1.54) is 24.1 Å². The van der Waals surface area contributed by atoms with Gasteiger partial charge in [-0.25, -0.2) is 0 Å². The maximum absolute atomic E-state index is 5.48. The molecule has 3 rings (SSSR count). The van der Waals surface area contributed by atoms with Gasteiger partial charge in [0, 0.05) is 30.8 Å². The Balaban J connectivity index is 1.71. The topological polar surface area (TPSA) is 62.0 Å². The number of nitrogens with one attached hydrogen (secondary N) is 3. The molecule has 100 valence electrons. The molecule has 1 saturated heterocycles. The Bertz CT molecular complexity index is 398. The molecule has 0 aromatic carbocycles. The van der Waals surface area contributed by atoms with Crippen LogP contribution in [0, 0.1) is 0 Å². The molecule has 1 aliphatic carbocycles. The van der Waals surface area contributed by atoms with Gasteiger partial charge in [0.2, 0.25) is 0 Å². The van der Waals surface area contributed by atoms with Gasteiger partial charge in [0.15, 0.2) is 5.82 Å². The van der Waals surface area contributed by atoms with Crippen molar-refractivity contribution in [3.63, 3.8) is 0 Å². The number of H-pyrrole nitrogens is 1. The Hall–Kier alpha value is -1.07. The summed E-state index contributed by atoms with van der Waals surface area (Å²) in [4.78, 5) is 0. The van der Waals surface area contributed by atoms with Gasteiger partial charge >= 0.3 is 0 Å². The summed E-state index contributed by atoms with van der Waals surface area (Å²) >= 11 is 0. The Labute approximate surface area is 108 Å². The summed E-state index contributed by atoms with van der Waals surface area (Å²) in [5.41, 5.74) is 2.63. The Morgan fingerprint density at radius 2 is 2.11 bits per heavy atom. The lowest BCUT2D eigenvalue weighted by molar-refractivity contribution is 0.0910. The molecule has 0 bridgehead atoms. The fourth-order valence-corrected chi connectivity index (χ4v) is 2.94. The van der Waals surface area contributed by atoms with Crippen LogP contribution >= 0.6 is 0 Å². The number of aromatic amines is 1. The summed E-state index contributed by atoms with van der Waals surface area (Å²) in [6, 6.07) is 0.557. The van der Waals surface area contributed by atoms with E-state index in [0.29, 0.717) is 12.1 Å². The van der Waals surface area contributed by atoms with Crippen LogP contribution in [0.3, 0.4) is 0 Å². The molecule has 5 nitrogen and oxygen atoms in total. The van der Waals surface area contributed by atoms with Crippen LogP contribution in [-0.2, 0) is 17.6 Å². The van der Waals surface area contributed by atoms with Gasteiger partial charge in [0.05, 0.1) is 6.10 Å². The van der Waals surface area contributed by atoms with Crippen molar-refractivity contribution < 1.29 is 4.74 Å². The van der Waals surface area contributed by atoms with E-state index in [2.05, 4.69) is 20.8 Å². The van der Waals surface area contributed by atoms with Crippen molar-refractivity contribution in [2.75, 3.05) is 25.5 Å². The lowest BCUT2D eigenvalue weighted by Crippen LogP contribution is -2.35. The molecular formula is C13H22N4O. The minimum Gasteiger partial charge on any atom is -0.381 e. The number of hydrogen-bond acceptors (Lipinski definition) is 4. The fourth-order valence-electron chi connectivity index (χ4n) is 2.94. The van der Waals surface area contributed by atoms with Gasteiger partial charge in [-0.2, -0.15) is 5.10 Å². The zero-order valence-corrected chi connectivity index (χ0v) is 11.0. The number of aromatic nitrogens is 2. The van der Waals surface area contributed by atoms with Gasteiger partial charge in [0.1, 0.15) is 0 Å². The Kier molecular flexibility index (Phi) is 3.52. The van der Waals surface area contributed by atoms with Crippen LogP contribution in [0.2, 0.25) is 0 Å². The first-order valence-electron chi connectivity index (χ1n) is 6.93. The highest BCUT2D eigenvalue weighted by molar-refractivity contribution is 5.48. The number of nitrogens with zero attached hydrogens (tertiary/aromatic N) is 1. The zero-order chi connectivity index (χ0) is 12.4. The summed E-state index contributed by atoms with van der Waals surface area (Å²) < 4.78 is 5.48. The molecule has 5 heteroatoms. The van der Waals surface area contributed by atoms with Crippen LogP contribution < -0.4 is 10.6 Å². The van der Waals surface area contributed by atoms with Crippen LogP contribution in [0.1, 0.15) is 30.5 Å². The lowest BCUT2D eigenvalue weighted by Gasteiger charge is -2.25. The lowest BCUT2D eigenvalue weighted by atomic mass is 9.94. The molecule has 1 fully saturated rings. The first kappa shape index (κ1) is 12.0. The van der Waals surface area contributed by atoms with Crippen molar-refractivity contribution in [1.82, 2.24) is 15.5 Å². The smallest absolute Gasteiger partial charge is 0.151 e. The Morgan fingerprint density at radius 3 is 2.89 bits per heavy atom. The SMILES string of the molecule is COC1CCc2[nH]nc(NC3CCNCC3)c2C1. The molecule has 3 N–H and O–H groups in total. The maximum atomic E-state index is 5.48. The van der Waals surface area contributed by atoms with Crippen molar-refractivity contribution in [1.29, 1.82) is 0 Å². The normalized spacial score (nSPS) is 24.8. The predicted molar refractivity (Wildman–Crippen MR) is 70.9 cm³/mol. The van der Waals surface area contributed by atoms with Crippen molar-refractivity contribution in [3.8, 4) is 0 Å². The largest absolute Gasteiger partial charge is 0.381 e. The second kappa shape index (κ2) is 5.28. The summed E-state index contributed by atoms with van der Waals surface area (Å²) in [6.45, 7) is 2.20. The number of ether oxygens (including phenoxy) is 1. The third-order valence-corrected chi connectivity index (χ3v) is 4.11. The molecule has 0 radical (unpaired) electrons. The molecule has 1 atom stereocenters. The van der Waals surface area contributed by atoms with E-state index in [1.54, 1.807) is 7.11 Å². The second-order valence-electron chi connectivity index (χ2n) is 5.30. The minimum atomic E-state index is 0.351. The molecule has 1 unspecified atom stereocenters. The molecule has 1 aliphatic heterocycles. The monoisotopic (exact) mass is 250 g/mol. The van der Waals surface area contributed by atoms with E-state index in [4.69, 9.17) is 4.74 Å². The highest BCUT2D eigenvalue weighted by Crippen LogP contribution is 2.28. The summed E-state index contributed by atoms with van der Waals surface area (Å²) in [5.74, 6) is 1.05. The summed E-state index contributed by atoms with van der Waals surface area (Å²) in [5, 5.41) is 14.6. The second-order valence-corrected chi connectivity index (χ2v) is 5.30. The van der Waals surface area contributed by atoms with Gasteiger partial charge in [-0.3, -0.25) is 5.10 Å². The summed E-state index contributed by atoms with van der Waals surface area (Å²) in [7, 11) is 1.80. The molecule has 1 aromatic heterocycles. The number of fused-ring (bicyclic) bond motifs is 1. The van der Waals surface area contributed by atoms with E-state index >= 15 is 0 Å². The Morgan fingerprint density at radius 1 is 1.28 bits per heavy atom. The highest BCUT2D eigenvalue weighted by atomic mass is 16.5. The number of anilines is 1. The average Bonchev–Trinajstić information content (AvgIpc) is 2.82. The van der Waals surface area contributed by atoms with E-state index < -0.39 is 0 Å². The van der Waals surface area contributed by atoms with Crippen LogP contribution in [-0.4, -0.2) is 42.5 Å². The summed E-state index contributed by atoms with van der Waals surface area (Å²) in [6.07, 6.45) is 5.83. The van der Waals surface area contributed by atoms with Crippen LogP contribution in [0.25, 0.3) is 0 Å². The highest BCUT2D eigenvalue weighted by Gasteiger charge is 2.25. The van der Waals surface area contributed by atoms with E-state index in [1.807, 2.05) is 0 Å². The molecule has 2 aliphatic rings. The average molecular weight is 250 g/mol. The van der Waals surface area contributed by atoms with E-state index in [-0.39, 0.29) is 0 Å². The zero-order valence-electron chi connectivity index (χ0n) is 11.0. The van der Waals surface area contributed by atoms with Gasteiger partial charge in [0.25, 0.3) is 0 Å². The first-order chi connectivity index (χ1) is 8.86. The number of methoxy groups -OCH3 is 1. The van der Waals surface area contributed by atoms with Gasteiger partial charge in [-0.1, -0.05) is 0 Å². The van der Waals surface area contributed by atoms with Gasteiger partial charge in [-0.15, -0.1) is 0 Å². The standard InChI is InChI=1S/C13H22N4O/c1-18-10-2-3-12-11(8-10)13(17-16-12)15-9-4-6-14-7-5-9/h9-10,14H,2-8H2,1H3,(H2,15,16,17). The number of aryl methyl sites for hydroxylation is 1. The molecule has 0 saturated carbocycles. The molecular weight excluding hydrogens is 228 g/mol. The van der Waals surface area contributed by atoms with Crippen molar-refractivity contribution in [3.05, 3.63) is 11.3 Å². The molecule has 0 amide bonds. The van der Waals surface area contributed by atoms with Crippen molar-refractivity contribution in [2.24, 2.45) is 0 Å². The van der Waals surface area contributed by atoms with Gasteiger partial charge < -0.3 is 15.4 Å². The molecule has 0 spiro atoms. The first-order valence-corrected chi connectivity index (χ1v) is 6.93. The van der Waals surface area contributed by atoms with E-state index in [0.717, 1.165) is 38.2 Å². The van der Waals surface area contributed by atoms with E-state index in [9.17, 15) is 0 Å². The van der Waals surface area contributed by atoms with Crippen LogP contribution in [0.4, 0.5) is 5.82 Å². The number of piperidine rings is 1. The molecule has 1 aromatic rings. The maximum Gasteiger partial charge on any atom is 0.151 e. The number of rotatable bonds is 3. The molecule has 2 heterocycles. The third kappa shape index (κ3) is 2.37. The predicted octanol–water partition coefficient (Wildman–Crippen LogP) is 1.08. The fraction of sp³-hybridized carbons (Fsp3) is 0.769. The molecule has 18 heavy (non-hydrogen) atoms. The van der Waals surface area contributed by atoms with Crippen LogP contribution in [0.5, 0.6) is 0 Å². The third-order valence-electron chi connectivity index (χ3n) is 4.11. The van der Waals surface area contributed by atoms with Gasteiger partial charge in [-0.05, 0) is 38.8 Å². The van der Waals surface area contributed by atoms with Crippen molar-refractivity contribution >= 4 is 5.82 Å². The number of hydrogen-bond donors (Lipinski definition) is 3. The van der Waals surface area contributed by atoms with Crippen molar-refractivity contribution in [2.45, 2.75) is 44.2 Å². The minimum absolute atomic E-state index is 0.351.